The van der Waals surface area contributed by atoms with Crippen LogP contribution in [0.3, 0.4) is 0 Å². The van der Waals surface area contributed by atoms with Gasteiger partial charge in [-0.3, -0.25) is 0 Å². The number of aryl methyl sites for hydroxylation is 1. The fourth-order valence-corrected chi connectivity index (χ4v) is 2.87. The summed E-state index contributed by atoms with van der Waals surface area (Å²) >= 11 is 0. The summed E-state index contributed by atoms with van der Waals surface area (Å²) in [5.74, 6) is -0.885. The SMILES string of the molecule is COC(=O)c1ccccc1-c1cc(C)ccc1C(=O)OCc1ccccc1. The number of methoxy groups -OCH3 is 1. The lowest BCUT2D eigenvalue weighted by Crippen LogP contribution is -2.09. The van der Waals surface area contributed by atoms with E-state index in [1.165, 1.54) is 7.11 Å². The Bertz CT molecular complexity index is 961. The molecule has 0 spiro atoms. The van der Waals surface area contributed by atoms with Crippen LogP contribution >= 0.6 is 0 Å². The summed E-state index contributed by atoms with van der Waals surface area (Å²) in [6, 6.07) is 22.0. The van der Waals surface area contributed by atoms with Crippen molar-refractivity contribution in [1.82, 2.24) is 0 Å². The maximum absolute atomic E-state index is 12.7. The molecule has 0 aliphatic heterocycles. The van der Waals surface area contributed by atoms with Gasteiger partial charge in [0.2, 0.25) is 0 Å². The first-order valence-corrected chi connectivity index (χ1v) is 8.59. The lowest BCUT2D eigenvalue weighted by molar-refractivity contribution is 0.0472. The molecule has 27 heavy (non-hydrogen) atoms. The van der Waals surface area contributed by atoms with Gasteiger partial charge in [0.1, 0.15) is 6.61 Å². The van der Waals surface area contributed by atoms with Gasteiger partial charge < -0.3 is 9.47 Å². The molecule has 0 fully saturated rings. The molecule has 3 aromatic carbocycles. The summed E-state index contributed by atoms with van der Waals surface area (Å²) in [6.07, 6.45) is 0. The van der Waals surface area contributed by atoms with Crippen molar-refractivity contribution in [1.29, 1.82) is 0 Å². The highest BCUT2D eigenvalue weighted by Gasteiger charge is 2.19. The van der Waals surface area contributed by atoms with Gasteiger partial charge >= 0.3 is 11.9 Å². The summed E-state index contributed by atoms with van der Waals surface area (Å²) in [5.41, 5.74) is 3.99. The fraction of sp³-hybridized carbons (Fsp3) is 0.130. The van der Waals surface area contributed by atoms with Gasteiger partial charge in [0.25, 0.3) is 0 Å². The second-order valence-electron chi connectivity index (χ2n) is 6.15. The van der Waals surface area contributed by atoms with E-state index in [0.717, 1.165) is 11.1 Å². The van der Waals surface area contributed by atoms with Gasteiger partial charge in [0.15, 0.2) is 0 Å². The Morgan fingerprint density at radius 2 is 1.44 bits per heavy atom. The Kier molecular flexibility index (Phi) is 5.67. The highest BCUT2D eigenvalue weighted by Crippen LogP contribution is 2.29. The smallest absolute Gasteiger partial charge is 0.339 e. The van der Waals surface area contributed by atoms with E-state index in [1.807, 2.05) is 55.5 Å². The second kappa shape index (κ2) is 8.32. The van der Waals surface area contributed by atoms with Crippen LogP contribution in [0.1, 0.15) is 31.8 Å². The van der Waals surface area contributed by atoms with Crippen LogP contribution in [-0.4, -0.2) is 19.0 Å². The van der Waals surface area contributed by atoms with Crippen molar-refractivity contribution in [3.8, 4) is 11.1 Å². The molecule has 0 unspecified atom stereocenters. The zero-order chi connectivity index (χ0) is 19.2. The molecule has 0 atom stereocenters. The Hall–Kier alpha value is -3.40. The summed E-state index contributed by atoms with van der Waals surface area (Å²) in [6.45, 7) is 2.12. The number of carbonyl (C=O) groups is 2. The van der Waals surface area contributed by atoms with Crippen LogP contribution in [0.2, 0.25) is 0 Å². The molecule has 4 nitrogen and oxygen atoms in total. The molecule has 0 saturated carbocycles. The largest absolute Gasteiger partial charge is 0.465 e. The van der Waals surface area contributed by atoms with E-state index in [4.69, 9.17) is 9.47 Å². The Morgan fingerprint density at radius 3 is 2.19 bits per heavy atom. The van der Waals surface area contributed by atoms with E-state index in [9.17, 15) is 9.59 Å². The van der Waals surface area contributed by atoms with Crippen molar-refractivity contribution < 1.29 is 19.1 Å². The monoisotopic (exact) mass is 360 g/mol. The van der Waals surface area contributed by atoms with Crippen LogP contribution in [0, 0.1) is 6.92 Å². The van der Waals surface area contributed by atoms with E-state index >= 15 is 0 Å². The van der Waals surface area contributed by atoms with E-state index < -0.39 is 11.9 Å². The molecule has 3 aromatic rings. The van der Waals surface area contributed by atoms with Crippen molar-refractivity contribution in [3.63, 3.8) is 0 Å². The molecule has 4 heteroatoms. The molecule has 0 radical (unpaired) electrons. The number of hydrogen-bond donors (Lipinski definition) is 0. The van der Waals surface area contributed by atoms with Crippen LogP contribution < -0.4 is 0 Å². The Morgan fingerprint density at radius 1 is 0.778 bits per heavy atom. The molecule has 0 heterocycles. The van der Waals surface area contributed by atoms with E-state index in [-0.39, 0.29) is 6.61 Å². The van der Waals surface area contributed by atoms with E-state index in [0.29, 0.717) is 22.3 Å². The standard InChI is InChI=1S/C23H20O4/c1-16-12-13-20(23(25)27-15-17-8-4-3-5-9-17)21(14-16)18-10-6-7-11-19(18)22(24)26-2/h3-14H,15H2,1-2H3. The Balaban J connectivity index is 1.97. The quantitative estimate of drug-likeness (QED) is 0.613. The summed E-state index contributed by atoms with van der Waals surface area (Å²) < 4.78 is 10.4. The van der Waals surface area contributed by atoms with Crippen LogP contribution in [0.5, 0.6) is 0 Å². The molecule has 0 aliphatic carbocycles. The number of rotatable bonds is 5. The lowest BCUT2D eigenvalue weighted by atomic mass is 9.94. The highest BCUT2D eigenvalue weighted by atomic mass is 16.5. The zero-order valence-corrected chi connectivity index (χ0v) is 15.3. The number of hydrogen-bond acceptors (Lipinski definition) is 4. The highest BCUT2D eigenvalue weighted by molar-refractivity contribution is 6.03. The predicted octanol–water partition coefficient (Wildman–Crippen LogP) is 4.81. The first-order chi connectivity index (χ1) is 13.1. The molecule has 0 aromatic heterocycles. The third kappa shape index (κ3) is 4.23. The molecule has 0 amide bonds. The average molecular weight is 360 g/mol. The summed E-state index contributed by atoms with van der Waals surface area (Å²) in [4.78, 5) is 24.9. The van der Waals surface area contributed by atoms with Crippen molar-refractivity contribution >= 4 is 11.9 Å². The summed E-state index contributed by atoms with van der Waals surface area (Å²) in [7, 11) is 1.34. The van der Waals surface area contributed by atoms with Crippen LogP contribution in [0.4, 0.5) is 0 Å². The van der Waals surface area contributed by atoms with Crippen molar-refractivity contribution in [3.05, 3.63) is 95.1 Å². The zero-order valence-electron chi connectivity index (χ0n) is 15.3. The lowest BCUT2D eigenvalue weighted by Gasteiger charge is -2.13. The first-order valence-electron chi connectivity index (χ1n) is 8.59. The van der Waals surface area contributed by atoms with Gasteiger partial charge in [-0.2, -0.15) is 0 Å². The topological polar surface area (TPSA) is 52.6 Å². The summed E-state index contributed by atoms with van der Waals surface area (Å²) in [5, 5.41) is 0. The maximum atomic E-state index is 12.7. The minimum absolute atomic E-state index is 0.186. The minimum atomic E-state index is -0.448. The molecule has 0 N–H and O–H groups in total. The molecule has 136 valence electrons. The molecule has 0 aliphatic rings. The van der Waals surface area contributed by atoms with Crippen LogP contribution in [0.15, 0.2) is 72.8 Å². The molecule has 0 bridgehead atoms. The van der Waals surface area contributed by atoms with Gasteiger partial charge in [-0.05, 0) is 35.7 Å². The van der Waals surface area contributed by atoms with Crippen molar-refractivity contribution in [2.45, 2.75) is 13.5 Å². The van der Waals surface area contributed by atoms with Crippen LogP contribution in [-0.2, 0) is 16.1 Å². The normalized spacial score (nSPS) is 10.3. The van der Waals surface area contributed by atoms with Gasteiger partial charge in [0, 0.05) is 0 Å². The fourth-order valence-electron chi connectivity index (χ4n) is 2.87. The van der Waals surface area contributed by atoms with Crippen molar-refractivity contribution in [2.24, 2.45) is 0 Å². The van der Waals surface area contributed by atoms with Gasteiger partial charge in [-0.15, -0.1) is 0 Å². The first kappa shape index (κ1) is 18.4. The second-order valence-corrected chi connectivity index (χ2v) is 6.15. The van der Waals surface area contributed by atoms with Crippen LogP contribution in [0.25, 0.3) is 11.1 Å². The molecular weight excluding hydrogens is 340 g/mol. The Labute approximate surface area is 158 Å². The average Bonchev–Trinajstić information content (AvgIpc) is 2.72. The number of benzene rings is 3. The van der Waals surface area contributed by atoms with Gasteiger partial charge in [0.05, 0.1) is 18.2 Å². The molecule has 0 saturated heterocycles. The molecular formula is C23H20O4. The van der Waals surface area contributed by atoms with E-state index in [1.54, 1.807) is 24.3 Å². The number of esters is 2. The van der Waals surface area contributed by atoms with Crippen molar-refractivity contribution in [2.75, 3.05) is 7.11 Å². The van der Waals surface area contributed by atoms with Gasteiger partial charge in [-0.1, -0.05) is 66.2 Å². The number of ether oxygens (including phenoxy) is 2. The number of carbonyl (C=O) groups excluding carboxylic acids is 2. The van der Waals surface area contributed by atoms with E-state index in [2.05, 4.69) is 0 Å². The third-order valence-corrected chi connectivity index (χ3v) is 4.23. The third-order valence-electron chi connectivity index (χ3n) is 4.23. The maximum Gasteiger partial charge on any atom is 0.339 e. The predicted molar refractivity (Wildman–Crippen MR) is 104 cm³/mol. The van der Waals surface area contributed by atoms with Gasteiger partial charge in [-0.25, -0.2) is 9.59 Å². The molecule has 3 rings (SSSR count). The minimum Gasteiger partial charge on any atom is -0.465 e.